The quantitative estimate of drug-likeness (QED) is 0.683. The molecule has 0 fully saturated rings. The van der Waals surface area contributed by atoms with Crippen LogP contribution in [-0.4, -0.2) is 12.6 Å². The number of nitriles is 1. The molecule has 12 heavy (non-hydrogen) atoms. The molecule has 0 aromatic rings. The topological polar surface area (TPSA) is 35.8 Å². The highest BCUT2D eigenvalue weighted by molar-refractivity contribution is 4.82. The molecule has 0 aliphatic carbocycles. The summed E-state index contributed by atoms with van der Waals surface area (Å²) in [6, 6.07) is 2.78. The average molecular weight is 168 g/mol. The maximum absolute atomic E-state index is 8.57. The van der Waals surface area contributed by atoms with Gasteiger partial charge in [0.05, 0.1) is 12.0 Å². The van der Waals surface area contributed by atoms with Gasteiger partial charge < -0.3 is 5.32 Å². The maximum Gasteiger partial charge on any atom is 0.0666 e. The third kappa shape index (κ3) is 4.35. The summed E-state index contributed by atoms with van der Waals surface area (Å²) < 4.78 is 0. The number of nitrogens with zero attached hydrogens (tertiary/aromatic N) is 1. The van der Waals surface area contributed by atoms with E-state index in [1.165, 1.54) is 0 Å². The number of rotatable bonds is 5. The zero-order chi connectivity index (χ0) is 9.56. The largest absolute Gasteiger partial charge is 0.312 e. The summed E-state index contributed by atoms with van der Waals surface area (Å²) in [6.07, 6.45) is 1.13. The fourth-order valence-electron chi connectivity index (χ4n) is 1.23. The van der Waals surface area contributed by atoms with E-state index in [1.54, 1.807) is 0 Å². The lowest BCUT2D eigenvalue weighted by molar-refractivity contribution is 0.378. The minimum Gasteiger partial charge on any atom is -0.312 e. The van der Waals surface area contributed by atoms with Gasteiger partial charge in [-0.1, -0.05) is 20.8 Å². The number of hydrogen-bond acceptors (Lipinski definition) is 2. The van der Waals surface area contributed by atoms with Crippen LogP contribution in [0, 0.1) is 23.2 Å². The molecule has 2 atom stereocenters. The Morgan fingerprint density at radius 3 is 2.25 bits per heavy atom. The van der Waals surface area contributed by atoms with Gasteiger partial charge in [-0.25, -0.2) is 0 Å². The molecule has 70 valence electrons. The van der Waals surface area contributed by atoms with Crippen LogP contribution in [0.15, 0.2) is 0 Å². The lowest BCUT2D eigenvalue weighted by atomic mass is 10.0. The van der Waals surface area contributed by atoms with Crippen LogP contribution < -0.4 is 5.32 Å². The fourth-order valence-corrected chi connectivity index (χ4v) is 1.23. The SMILES string of the molecule is CCC(NCC(C)C#N)C(C)C. The van der Waals surface area contributed by atoms with Crippen molar-refractivity contribution in [3.8, 4) is 6.07 Å². The Balaban J connectivity index is 3.67. The Morgan fingerprint density at radius 1 is 1.33 bits per heavy atom. The molecule has 0 amide bonds. The number of hydrogen-bond donors (Lipinski definition) is 1. The minimum absolute atomic E-state index is 0.123. The van der Waals surface area contributed by atoms with Crippen LogP contribution in [0.3, 0.4) is 0 Å². The van der Waals surface area contributed by atoms with E-state index in [1.807, 2.05) is 6.92 Å². The van der Waals surface area contributed by atoms with Crippen molar-refractivity contribution < 1.29 is 0 Å². The highest BCUT2D eigenvalue weighted by Gasteiger charge is 2.10. The predicted octanol–water partition coefficient (Wildman–Crippen LogP) is 2.17. The van der Waals surface area contributed by atoms with Crippen LogP contribution in [-0.2, 0) is 0 Å². The normalized spacial score (nSPS) is 15.7. The van der Waals surface area contributed by atoms with Crippen molar-refractivity contribution in [3.05, 3.63) is 0 Å². The molecular formula is C10H20N2. The van der Waals surface area contributed by atoms with Gasteiger partial charge in [0.15, 0.2) is 0 Å². The number of nitrogens with one attached hydrogen (secondary N) is 1. The molecule has 0 aliphatic rings. The molecule has 0 heterocycles. The van der Waals surface area contributed by atoms with E-state index in [0.717, 1.165) is 13.0 Å². The van der Waals surface area contributed by atoms with Gasteiger partial charge in [0, 0.05) is 12.6 Å². The van der Waals surface area contributed by atoms with Crippen LogP contribution in [0.2, 0.25) is 0 Å². The van der Waals surface area contributed by atoms with Gasteiger partial charge in [-0.15, -0.1) is 0 Å². The third-order valence-electron chi connectivity index (χ3n) is 2.15. The van der Waals surface area contributed by atoms with Gasteiger partial charge in [0.1, 0.15) is 0 Å². The zero-order valence-electron chi connectivity index (χ0n) is 8.59. The molecule has 0 rings (SSSR count). The summed E-state index contributed by atoms with van der Waals surface area (Å²) in [5, 5.41) is 12.0. The molecule has 0 saturated heterocycles. The Hall–Kier alpha value is -0.550. The van der Waals surface area contributed by atoms with Crippen molar-refractivity contribution in [2.24, 2.45) is 11.8 Å². The van der Waals surface area contributed by atoms with Crippen LogP contribution in [0.25, 0.3) is 0 Å². The van der Waals surface area contributed by atoms with E-state index >= 15 is 0 Å². The van der Waals surface area contributed by atoms with Crippen LogP contribution >= 0.6 is 0 Å². The summed E-state index contributed by atoms with van der Waals surface area (Å²) in [5.74, 6) is 0.777. The fraction of sp³-hybridized carbons (Fsp3) is 0.900. The van der Waals surface area contributed by atoms with Crippen molar-refractivity contribution in [2.75, 3.05) is 6.54 Å². The maximum atomic E-state index is 8.57. The van der Waals surface area contributed by atoms with E-state index in [0.29, 0.717) is 12.0 Å². The molecule has 2 heteroatoms. The van der Waals surface area contributed by atoms with Crippen molar-refractivity contribution in [2.45, 2.75) is 40.2 Å². The summed E-state index contributed by atoms with van der Waals surface area (Å²) in [6.45, 7) is 9.35. The van der Waals surface area contributed by atoms with Crippen molar-refractivity contribution in [3.63, 3.8) is 0 Å². The Labute approximate surface area is 76.0 Å². The molecule has 2 unspecified atom stereocenters. The monoisotopic (exact) mass is 168 g/mol. The van der Waals surface area contributed by atoms with Gasteiger partial charge in [-0.05, 0) is 19.3 Å². The van der Waals surface area contributed by atoms with Gasteiger partial charge in [-0.2, -0.15) is 5.26 Å². The molecule has 0 radical (unpaired) electrons. The highest BCUT2D eigenvalue weighted by atomic mass is 14.9. The first-order valence-corrected chi connectivity index (χ1v) is 4.74. The molecule has 0 spiro atoms. The summed E-state index contributed by atoms with van der Waals surface area (Å²) in [5.41, 5.74) is 0. The van der Waals surface area contributed by atoms with Gasteiger partial charge in [0.2, 0.25) is 0 Å². The summed E-state index contributed by atoms with van der Waals surface area (Å²) >= 11 is 0. The Bertz CT molecular complexity index is 146. The standard InChI is InChI=1S/C10H20N2/c1-5-10(8(2)3)12-7-9(4)6-11/h8-10,12H,5,7H2,1-4H3. The third-order valence-corrected chi connectivity index (χ3v) is 2.15. The molecule has 0 aromatic heterocycles. The first kappa shape index (κ1) is 11.4. The zero-order valence-corrected chi connectivity index (χ0v) is 8.59. The van der Waals surface area contributed by atoms with E-state index < -0.39 is 0 Å². The summed E-state index contributed by atoms with van der Waals surface area (Å²) in [7, 11) is 0. The Morgan fingerprint density at radius 2 is 1.92 bits per heavy atom. The second-order valence-electron chi connectivity index (χ2n) is 3.70. The molecule has 2 nitrogen and oxygen atoms in total. The smallest absolute Gasteiger partial charge is 0.0666 e. The van der Waals surface area contributed by atoms with E-state index in [-0.39, 0.29) is 5.92 Å². The first-order valence-electron chi connectivity index (χ1n) is 4.74. The summed E-state index contributed by atoms with van der Waals surface area (Å²) in [4.78, 5) is 0. The van der Waals surface area contributed by atoms with Crippen molar-refractivity contribution >= 4 is 0 Å². The lowest BCUT2D eigenvalue weighted by Gasteiger charge is -2.21. The minimum atomic E-state index is 0.123. The molecule has 0 saturated carbocycles. The van der Waals surface area contributed by atoms with Crippen LogP contribution in [0.1, 0.15) is 34.1 Å². The van der Waals surface area contributed by atoms with Gasteiger partial charge in [0.25, 0.3) is 0 Å². The molecular weight excluding hydrogens is 148 g/mol. The van der Waals surface area contributed by atoms with Gasteiger partial charge in [-0.3, -0.25) is 0 Å². The lowest BCUT2D eigenvalue weighted by Crippen LogP contribution is -2.35. The van der Waals surface area contributed by atoms with E-state index in [4.69, 9.17) is 5.26 Å². The van der Waals surface area contributed by atoms with Crippen molar-refractivity contribution in [1.29, 1.82) is 5.26 Å². The molecule has 1 N–H and O–H groups in total. The average Bonchev–Trinajstić information content (AvgIpc) is 2.04. The van der Waals surface area contributed by atoms with Gasteiger partial charge >= 0.3 is 0 Å². The second-order valence-corrected chi connectivity index (χ2v) is 3.70. The van der Waals surface area contributed by atoms with E-state index in [9.17, 15) is 0 Å². The van der Waals surface area contributed by atoms with E-state index in [2.05, 4.69) is 32.2 Å². The molecule has 0 aromatic carbocycles. The predicted molar refractivity (Wildman–Crippen MR) is 51.7 cm³/mol. The highest BCUT2D eigenvalue weighted by Crippen LogP contribution is 2.05. The molecule has 0 bridgehead atoms. The molecule has 0 aliphatic heterocycles. The Kier molecular flexibility index (Phi) is 5.74. The second kappa shape index (κ2) is 6.02. The first-order chi connectivity index (χ1) is 5.61. The van der Waals surface area contributed by atoms with Crippen molar-refractivity contribution in [1.82, 2.24) is 5.32 Å². The van der Waals surface area contributed by atoms with Crippen LogP contribution in [0.4, 0.5) is 0 Å². The van der Waals surface area contributed by atoms with Crippen LogP contribution in [0.5, 0.6) is 0 Å².